The van der Waals surface area contributed by atoms with Crippen LogP contribution in [0.4, 0.5) is 0 Å². The van der Waals surface area contributed by atoms with Crippen LogP contribution < -0.4 is 21.7 Å². The molecule has 0 bridgehead atoms. The monoisotopic (exact) mass is 418 g/mol. The van der Waals surface area contributed by atoms with Crippen LogP contribution in [0, 0.1) is 11.3 Å². The number of allylic oxidation sites excluding steroid dienone is 1. The van der Waals surface area contributed by atoms with Gasteiger partial charge in [-0.2, -0.15) is 5.26 Å². The zero-order valence-corrected chi connectivity index (χ0v) is 15.9. The number of benzene rings is 2. The Hall–Kier alpha value is -4.02. The van der Waals surface area contributed by atoms with Crippen molar-refractivity contribution in [3.63, 3.8) is 0 Å². The number of para-hydroxylation sites is 1. The molecule has 1 aliphatic rings. The van der Waals surface area contributed by atoms with Gasteiger partial charge in [-0.1, -0.05) is 23.7 Å². The molecule has 7 nitrogen and oxygen atoms in total. The van der Waals surface area contributed by atoms with Crippen LogP contribution in [0.1, 0.15) is 17.0 Å². The average Bonchev–Trinajstić information content (AvgIpc) is 2.72. The van der Waals surface area contributed by atoms with E-state index in [-0.39, 0.29) is 28.4 Å². The second kappa shape index (κ2) is 6.51. The topological polar surface area (TPSA) is 119 Å². The van der Waals surface area contributed by atoms with E-state index in [1.807, 2.05) is 6.07 Å². The first kappa shape index (κ1) is 18.0. The molecule has 0 fully saturated rings. The molecule has 2 N–H and O–H groups in total. The van der Waals surface area contributed by atoms with Gasteiger partial charge >= 0.3 is 11.3 Å². The van der Waals surface area contributed by atoms with E-state index >= 15 is 0 Å². The molecule has 1 unspecified atom stereocenters. The molecular weight excluding hydrogens is 408 g/mol. The molecule has 4 aromatic rings. The van der Waals surface area contributed by atoms with E-state index in [0.29, 0.717) is 26.9 Å². The third-order valence-corrected chi connectivity index (χ3v) is 5.26. The molecule has 1 aliphatic heterocycles. The van der Waals surface area contributed by atoms with Gasteiger partial charge in [-0.25, -0.2) is 9.59 Å². The van der Waals surface area contributed by atoms with E-state index in [1.165, 1.54) is 6.07 Å². The number of rotatable bonds is 1. The predicted octanol–water partition coefficient (Wildman–Crippen LogP) is 3.77. The SMILES string of the molecule is N#CC1=C(N)Oc2c(c(=O)oc3ccccc23)C1c1cc(=O)oc2ccc(Cl)cc12. The van der Waals surface area contributed by atoms with Crippen molar-refractivity contribution in [2.45, 2.75) is 5.92 Å². The number of nitrogens with zero attached hydrogens (tertiary/aromatic N) is 1. The molecule has 8 heteroatoms. The lowest BCUT2D eigenvalue weighted by Crippen LogP contribution is -2.27. The van der Waals surface area contributed by atoms with Gasteiger partial charge in [-0.15, -0.1) is 0 Å². The molecule has 2 aromatic carbocycles. The summed E-state index contributed by atoms with van der Waals surface area (Å²) in [5.74, 6) is -0.967. The largest absolute Gasteiger partial charge is 0.439 e. The van der Waals surface area contributed by atoms with Gasteiger partial charge in [0.1, 0.15) is 22.8 Å². The van der Waals surface area contributed by atoms with Gasteiger partial charge in [0.05, 0.1) is 16.9 Å². The van der Waals surface area contributed by atoms with Gasteiger partial charge in [0.2, 0.25) is 5.88 Å². The minimum atomic E-state index is -0.996. The Morgan fingerprint density at radius 1 is 1.00 bits per heavy atom. The van der Waals surface area contributed by atoms with E-state index in [1.54, 1.807) is 42.5 Å². The fraction of sp³-hybridized carbons (Fsp3) is 0.0455. The molecule has 0 radical (unpaired) electrons. The number of halogens is 1. The molecule has 3 heterocycles. The molecular formula is C22H11ClN2O5. The number of fused-ring (bicyclic) bond motifs is 4. The Labute approximate surface area is 173 Å². The van der Waals surface area contributed by atoms with Crippen LogP contribution in [-0.4, -0.2) is 0 Å². The van der Waals surface area contributed by atoms with Crippen LogP contribution >= 0.6 is 11.6 Å². The van der Waals surface area contributed by atoms with Crippen LogP contribution in [0.5, 0.6) is 5.75 Å². The lowest BCUT2D eigenvalue weighted by molar-refractivity contribution is 0.388. The molecule has 0 aliphatic carbocycles. The second-order valence-corrected chi connectivity index (χ2v) is 7.15. The van der Waals surface area contributed by atoms with Gasteiger partial charge in [-0.3, -0.25) is 0 Å². The number of hydrogen-bond acceptors (Lipinski definition) is 7. The van der Waals surface area contributed by atoms with E-state index in [0.717, 1.165) is 0 Å². The molecule has 30 heavy (non-hydrogen) atoms. The highest BCUT2D eigenvalue weighted by Gasteiger charge is 2.36. The van der Waals surface area contributed by atoms with Crippen molar-refractivity contribution in [2.24, 2.45) is 5.73 Å². The van der Waals surface area contributed by atoms with Gasteiger partial charge in [0.15, 0.2) is 5.75 Å². The molecule has 146 valence electrons. The highest BCUT2D eigenvalue weighted by molar-refractivity contribution is 6.31. The lowest BCUT2D eigenvalue weighted by atomic mass is 9.82. The number of hydrogen-bond donors (Lipinski definition) is 1. The van der Waals surface area contributed by atoms with Gasteiger partial charge in [0, 0.05) is 16.5 Å². The van der Waals surface area contributed by atoms with Crippen LogP contribution in [0.25, 0.3) is 21.9 Å². The van der Waals surface area contributed by atoms with Gasteiger partial charge < -0.3 is 19.3 Å². The van der Waals surface area contributed by atoms with E-state index < -0.39 is 17.2 Å². The third kappa shape index (κ3) is 2.59. The summed E-state index contributed by atoms with van der Waals surface area (Å²) in [6.45, 7) is 0. The smallest absolute Gasteiger partial charge is 0.344 e. The molecule has 0 spiro atoms. The summed E-state index contributed by atoms with van der Waals surface area (Å²) in [6.07, 6.45) is 0. The summed E-state index contributed by atoms with van der Waals surface area (Å²) in [7, 11) is 0. The van der Waals surface area contributed by atoms with Gasteiger partial charge in [0.25, 0.3) is 0 Å². The maximum Gasteiger partial charge on any atom is 0.344 e. The van der Waals surface area contributed by atoms with Crippen molar-refractivity contribution < 1.29 is 13.6 Å². The van der Waals surface area contributed by atoms with Crippen molar-refractivity contribution in [3.8, 4) is 11.8 Å². The summed E-state index contributed by atoms with van der Waals surface area (Å²) >= 11 is 6.15. The number of ether oxygens (including phenoxy) is 1. The van der Waals surface area contributed by atoms with E-state index in [4.69, 9.17) is 30.9 Å². The van der Waals surface area contributed by atoms with Gasteiger partial charge in [-0.05, 0) is 35.9 Å². The summed E-state index contributed by atoms with van der Waals surface area (Å²) in [4.78, 5) is 25.2. The average molecular weight is 419 g/mol. The van der Waals surface area contributed by atoms with Crippen molar-refractivity contribution in [1.82, 2.24) is 0 Å². The van der Waals surface area contributed by atoms with Crippen molar-refractivity contribution in [2.75, 3.05) is 0 Å². The summed E-state index contributed by atoms with van der Waals surface area (Å²) in [5, 5.41) is 11.2. The van der Waals surface area contributed by atoms with Crippen LogP contribution in [0.2, 0.25) is 5.02 Å². The Balaban J connectivity index is 1.95. The van der Waals surface area contributed by atoms with Crippen molar-refractivity contribution in [1.29, 1.82) is 5.26 Å². The number of nitriles is 1. The van der Waals surface area contributed by atoms with E-state index in [2.05, 4.69) is 0 Å². The van der Waals surface area contributed by atoms with Crippen molar-refractivity contribution in [3.05, 3.63) is 97.0 Å². The summed E-state index contributed by atoms with van der Waals surface area (Å²) in [5.41, 5.74) is 5.69. The maximum atomic E-state index is 13.0. The minimum Gasteiger partial charge on any atom is -0.439 e. The zero-order chi connectivity index (χ0) is 21.0. The first-order valence-corrected chi connectivity index (χ1v) is 9.22. The molecule has 2 aromatic heterocycles. The summed E-state index contributed by atoms with van der Waals surface area (Å²) in [6, 6.07) is 14.8. The first-order valence-electron chi connectivity index (χ1n) is 8.84. The number of nitrogens with two attached hydrogens (primary N) is 1. The van der Waals surface area contributed by atoms with Crippen molar-refractivity contribution >= 4 is 33.5 Å². The van der Waals surface area contributed by atoms with Crippen LogP contribution in [-0.2, 0) is 0 Å². The Morgan fingerprint density at radius 2 is 1.77 bits per heavy atom. The third-order valence-electron chi connectivity index (χ3n) is 5.02. The highest BCUT2D eigenvalue weighted by Crippen LogP contribution is 2.44. The molecule has 0 saturated heterocycles. The predicted molar refractivity (Wildman–Crippen MR) is 109 cm³/mol. The Bertz CT molecular complexity index is 1560. The Kier molecular flexibility index (Phi) is 3.91. The standard InChI is InChI=1S/C22H11ClN2O5/c23-10-5-6-16-12(7-10)13(8-17(26)28-16)18-14(9-24)21(25)30-20-11-3-1-2-4-15(11)29-22(27)19(18)20/h1-8,18H,25H2. The quantitative estimate of drug-likeness (QED) is 0.467. The van der Waals surface area contributed by atoms with Crippen LogP contribution in [0.15, 0.2) is 78.4 Å². The highest BCUT2D eigenvalue weighted by atomic mass is 35.5. The molecule has 0 amide bonds. The molecule has 1 atom stereocenters. The van der Waals surface area contributed by atoms with E-state index in [9.17, 15) is 14.9 Å². The second-order valence-electron chi connectivity index (χ2n) is 6.71. The van der Waals surface area contributed by atoms with Crippen LogP contribution in [0.3, 0.4) is 0 Å². The normalized spacial score (nSPS) is 15.7. The Morgan fingerprint density at radius 3 is 2.57 bits per heavy atom. The molecule has 5 rings (SSSR count). The maximum absolute atomic E-state index is 13.0. The summed E-state index contributed by atoms with van der Waals surface area (Å²) < 4.78 is 16.4. The molecule has 0 saturated carbocycles. The fourth-order valence-corrected chi connectivity index (χ4v) is 3.95. The first-order chi connectivity index (χ1) is 14.5. The fourth-order valence-electron chi connectivity index (χ4n) is 3.78. The lowest BCUT2D eigenvalue weighted by Gasteiger charge is -2.26. The minimum absolute atomic E-state index is 0.0167. The zero-order valence-electron chi connectivity index (χ0n) is 15.1.